The SMILES string of the molecule is Cc1cccc(C(=O)Nc2ccc3c(c2)CCC3)c1-c1ccc(C(C)(F)F)cc1.F. The maximum atomic E-state index is 13.5. The summed E-state index contributed by atoms with van der Waals surface area (Å²) in [5.41, 5.74) is 6.34. The maximum absolute atomic E-state index is 13.5. The minimum Gasteiger partial charge on any atom is -0.322 e. The number of halogens is 3. The van der Waals surface area contributed by atoms with E-state index < -0.39 is 5.92 Å². The molecule has 0 spiro atoms. The Bertz CT molecular complexity index is 1070. The number of alkyl halides is 2. The zero-order valence-electron chi connectivity index (χ0n) is 17.0. The van der Waals surface area contributed by atoms with Crippen LogP contribution in [0.5, 0.6) is 0 Å². The van der Waals surface area contributed by atoms with E-state index in [4.69, 9.17) is 0 Å². The number of fused-ring (bicyclic) bond motifs is 1. The van der Waals surface area contributed by atoms with Gasteiger partial charge in [0.25, 0.3) is 11.8 Å². The first-order valence-electron chi connectivity index (χ1n) is 9.84. The van der Waals surface area contributed by atoms with Crippen molar-refractivity contribution >= 4 is 11.6 Å². The van der Waals surface area contributed by atoms with Crippen molar-refractivity contribution in [1.82, 2.24) is 0 Å². The molecule has 156 valence electrons. The van der Waals surface area contributed by atoms with Gasteiger partial charge < -0.3 is 5.32 Å². The van der Waals surface area contributed by atoms with Crippen LogP contribution in [0.25, 0.3) is 11.1 Å². The summed E-state index contributed by atoms with van der Waals surface area (Å²) in [6.45, 7) is 2.80. The van der Waals surface area contributed by atoms with Crippen LogP contribution in [0.15, 0.2) is 60.7 Å². The third kappa shape index (κ3) is 4.25. The normalized spacial score (nSPS) is 12.8. The second-order valence-corrected chi connectivity index (χ2v) is 7.75. The Hall–Kier alpha value is -3.08. The van der Waals surface area contributed by atoms with Gasteiger partial charge in [-0.05, 0) is 72.2 Å². The molecule has 1 aliphatic rings. The standard InChI is InChI=1S/C25H23F2NO.FH/c1-16-5-3-8-22(23(16)18-9-12-20(13-10-18)25(2,26)27)24(29)28-21-14-11-17-6-4-7-19(17)15-21;/h3,5,8-15H,4,6-7H2,1-2H3,(H,28,29);1H. The highest BCUT2D eigenvalue weighted by molar-refractivity contribution is 6.09. The van der Waals surface area contributed by atoms with Gasteiger partial charge in [-0.1, -0.05) is 42.5 Å². The van der Waals surface area contributed by atoms with E-state index in [0.717, 1.165) is 48.6 Å². The summed E-state index contributed by atoms with van der Waals surface area (Å²) in [5.74, 6) is -3.09. The van der Waals surface area contributed by atoms with Crippen molar-refractivity contribution in [3.05, 3.63) is 88.5 Å². The molecular weight excluding hydrogens is 387 g/mol. The van der Waals surface area contributed by atoms with Gasteiger partial charge in [0, 0.05) is 23.7 Å². The Labute approximate surface area is 174 Å². The quantitative estimate of drug-likeness (QED) is 0.511. The number of amides is 1. The number of hydrogen-bond acceptors (Lipinski definition) is 1. The maximum Gasteiger partial charge on any atom is 0.270 e. The fraction of sp³-hybridized carbons (Fsp3) is 0.240. The molecule has 0 bridgehead atoms. The highest BCUT2D eigenvalue weighted by Gasteiger charge is 2.24. The van der Waals surface area contributed by atoms with E-state index in [1.165, 1.54) is 23.3 Å². The molecule has 0 heterocycles. The number of benzene rings is 3. The van der Waals surface area contributed by atoms with Crippen LogP contribution in [0, 0.1) is 6.92 Å². The zero-order valence-corrected chi connectivity index (χ0v) is 17.0. The molecule has 1 aliphatic carbocycles. The molecule has 5 heteroatoms. The molecule has 0 atom stereocenters. The second kappa shape index (κ2) is 8.34. The van der Waals surface area contributed by atoms with E-state index in [1.807, 2.05) is 31.2 Å². The molecule has 3 aromatic rings. The second-order valence-electron chi connectivity index (χ2n) is 7.75. The number of hydrogen-bond donors (Lipinski definition) is 1. The number of rotatable bonds is 4. The summed E-state index contributed by atoms with van der Waals surface area (Å²) in [7, 11) is 0. The molecule has 0 aromatic heterocycles. The Balaban J connectivity index is 0.00000256. The zero-order chi connectivity index (χ0) is 20.6. The molecule has 0 radical (unpaired) electrons. The van der Waals surface area contributed by atoms with Gasteiger partial charge in [-0.3, -0.25) is 9.50 Å². The van der Waals surface area contributed by atoms with Gasteiger partial charge in [-0.25, -0.2) is 8.78 Å². The molecule has 0 saturated carbocycles. The monoisotopic (exact) mass is 411 g/mol. The number of carbonyl (C=O) groups excluding carboxylic acids is 1. The summed E-state index contributed by atoms with van der Waals surface area (Å²) in [5, 5.41) is 3.00. The van der Waals surface area contributed by atoms with Gasteiger partial charge in [-0.2, -0.15) is 0 Å². The smallest absolute Gasteiger partial charge is 0.270 e. The molecule has 0 unspecified atom stereocenters. The average molecular weight is 411 g/mol. The summed E-state index contributed by atoms with van der Waals surface area (Å²) in [4.78, 5) is 13.1. The summed E-state index contributed by atoms with van der Waals surface area (Å²) in [6.07, 6.45) is 3.29. The van der Waals surface area contributed by atoms with Crippen molar-refractivity contribution in [1.29, 1.82) is 0 Å². The van der Waals surface area contributed by atoms with E-state index in [-0.39, 0.29) is 16.2 Å². The van der Waals surface area contributed by atoms with E-state index in [1.54, 1.807) is 18.2 Å². The Morgan fingerprint density at radius 2 is 1.67 bits per heavy atom. The fourth-order valence-electron chi connectivity index (χ4n) is 4.02. The fourth-order valence-corrected chi connectivity index (χ4v) is 4.02. The molecule has 4 rings (SSSR count). The van der Waals surface area contributed by atoms with Crippen molar-refractivity contribution in [2.24, 2.45) is 0 Å². The van der Waals surface area contributed by atoms with E-state index in [9.17, 15) is 13.6 Å². The molecule has 30 heavy (non-hydrogen) atoms. The molecule has 0 aliphatic heterocycles. The van der Waals surface area contributed by atoms with E-state index in [0.29, 0.717) is 5.56 Å². The minimum absolute atomic E-state index is 0. The van der Waals surface area contributed by atoms with Crippen LogP contribution < -0.4 is 5.32 Å². The average Bonchev–Trinajstić information content (AvgIpc) is 3.15. The van der Waals surface area contributed by atoms with Gasteiger partial charge in [0.1, 0.15) is 0 Å². The number of nitrogens with one attached hydrogen (secondary N) is 1. The minimum atomic E-state index is -2.89. The van der Waals surface area contributed by atoms with Gasteiger partial charge in [0.15, 0.2) is 0 Å². The molecule has 0 saturated heterocycles. The highest BCUT2D eigenvalue weighted by atomic mass is 19.3. The Morgan fingerprint density at radius 1 is 0.967 bits per heavy atom. The number of anilines is 1. The van der Waals surface area contributed by atoms with Crippen LogP contribution in [-0.2, 0) is 18.8 Å². The molecule has 1 amide bonds. The lowest BCUT2D eigenvalue weighted by atomic mass is 9.93. The number of carbonyl (C=O) groups is 1. The third-order valence-electron chi connectivity index (χ3n) is 5.55. The van der Waals surface area contributed by atoms with Crippen LogP contribution in [-0.4, -0.2) is 5.91 Å². The molecular formula is C25H24F3NO. The predicted octanol–water partition coefficient (Wildman–Crippen LogP) is 6.67. The van der Waals surface area contributed by atoms with Crippen molar-refractivity contribution in [2.75, 3.05) is 5.32 Å². The van der Waals surface area contributed by atoms with Gasteiger partial charge >= 0.3 is 0 Å². The lowest BCUT2D eigenvalue weighted by molar-refractivity contribution is 0.0175. The van der Waals surface area contributed by atoms with Crippen LogP contribution >= 0.6 is 0 Å². The predicted molar refractivity (Wildman–Crippen MR) is 115 cm³/mol. The Kier molecular flexibility index (Phi) is 6.01. The Morgan fingerprint density at radius 3 is 2.37 bits per heavy atom. The van der Waals surface area contributed by atoms with Crippen LogP contribution in [0.4, 0.5) is 19.2 Å². The largest absolute Gasteiger partial charge is 0.322 e. The summed E-state index contributed by atoms with van der Waals surface area (Å²) < 4.78 is 27.1. The highest BCUT2D eigenvalue weighted by Crippen LogP contribution is 2.32. The van der Waals surface area contributed by atoms with Crippen molar-refractivity contribution < 1.29 is 18.3 Å². The third-order valence-corrected chi connectivity index (χ3v) is 5.55. The lowest BCUT2D eigenvalue weighted by Crippen LogP contribution is -2.14. The van der Waals surface area contributed by atoms with Crippen LogP contribution in [0.1, 0.15) is 46.0 Å². The lowest BCUT2D eigenvalue weighted by Gasteiger charge is -2.15. The van der Waals surface area contributed by atoms with Crippen molar-refractivity contribution in [2.45, 2.75) is 39.0 Å². The first kappa shape index (κ1) is 21.6. The molecule has 2 nitrogen and oxygen atoms in total. The number of aryl methyl sites for hydroxylation is 3. The molecule has 0 fully saturated rings. The van der Waals surface area contributed by atoms with Gasteiger partial charge in [0.2, 0.25) is 0 Å². The summed E-state index contributed by atoms with van der Waals surface area (Å²) >= 11 is 0. The summed E-state index contributed by atoms with van der Waals surface area (Å²) in [6, 6.07) is 17.8. The topological polar surface area (TPSA) is 29.1 Å². The molecule has 3 aromatic carbocycles. The van der Waals surface area contributed by atoms with Crippen LogP contribution in [0.3, 0.4) is 0 Å². The van der Waals surface area contributed by atoms with E-state index >= 15 is 0 Å². The van der Waals surface area contributed by atoms with Gasteiger partial charge in [-0.15, -0.1) is 0 Å². The van der Waals surface area contributed by atoms with Crippen molar-refractivity contribution in [3.63, 3.8) is 0 Å². The molecule has 1 N–H and O–H groups in total. The van der Waals surface area contributed by atoms with Gasteiger partial charge in [0.05, 0.1) is 0 Å². The first-order valence-corrected chi connectivity index (χ1v) is 9.84. The van der Waals surface area contributed by atoms with Crippen LogP contribution in [0.2, 0.25) is 0 Å². The van der Waals surface area contributed by atoms with E-state index in [2.05, 4.69) is 11.4 Å². The first-order chi connectivity index (χ1) is 13.8. The van der Waals surface area contributed by atoms with Crippen molar-refractivity contribution in [3.8, 4) is 11.1 Å².